The van der Waals surface area contributed by atoms with Crippen LogP contribution in [0.25, 0.3) is 0 Å². The van der Waals surface area contributed by atoms with Gasteiger partial charge < -0.3 is 10.6 Å². The Bertz CT molecular complexity index is 878. The lowest BCUT2D eigenvalue weighted by Gasteiger charge is -2.38. The van der Waals surface area contributed by atoms with Crippen LogP contribution in [0.3, 0.4) is 0 Å². The zero-order valence-electron chi connectivity index (χ0n) is 13.7. The zero-order valence-corrected chi connectivity index (χ0v) is 15.2. The second-order valence-electron chi connectivity index (χ2n) is 6.62. The van der Waals surface area contributed by atoms with Crippen molar-refractivity contribution < 1.29 is 4.79 Å². The van der Waals surface area contributed by atoms with E-state index in [0.29, 0.717) is 21.9 Å². The molecule has 0 saturated heterocycles. The Morgan fingerprint density at radius 2 is 2.00 bits per heavy atom. The van der Waals surface area contributed by atoms with Gasteiger partial charge in [-0.3, -0.25) is 4.79 Å². The first-order valence-electron chi connectivity index (χ1n) is 8.32. The third-order valence-electron chi connectivity index (χ3n) is 4.98. The fraction of sp³-hybridized carbons (Fsp3) is 0.250. The molecule has 3 nitrogen and oxygen atoms in total. The molecule has 0 bridgehead atoms. The van der Waals surface area contributed by atoms with Crippen molar-refractivity contribution in [2.75, 3.05) is 10.6 Å². The summed E-state index contributed by atoms with van der Waals surface area (Å²) in [7, 11) is 0. The summed E-state index contributed by atoms with van der Waals surface area (Å²) in [5, 5.41) is 7.85. The fourth-order valence-electron chi connectivity index (χ4n) is 3.94. The number of amides is 1. The van der Waals surface area contributed by atoms with E-state index in [9.17, 15) is 4.79 Å². The van der Waals surface area contributed by atoms with Crippen LogP contribution in [0.15, 0.2) is 48.6 Å². The molecule has 25 heavy (non-hydrogen) atoms. The first kappa shape index (κ1) is 16.5. The van der Waals surface area contributed by atoms with Crippen LogP contribution in [0.1, 0.15) is 36.4 Å². The van der Waals surface area contributed by atoms with Gasteiger partial charge in [0.25, 0.3) is 0 Å². The maximum Gasteiger partial charge on any atom is 0.221 e. The second kappa shape index (κ2) is 6.40. The lowest BCUT2D eigenvalue weighted by Crippen LogP contribution is -2.29. The van der Waals surface area contributed by atoms with Crippen LogP contribution in [-0.2, 0) is 4.79 Å². The summed E-state index contributed by atoms with van der Waals surface area (Å²) in [6.45, 7) is 1.52. The highest BCUT2D eigenvalue weighted by molar-refractivity contribution is 6.35. The number of carbonyl (C=O) groups is 1. The quantitative estimate of drug-likeness (QED) is 0.656. The van der Waals surface area contributed by atoms with Gasteiger partial charge in [0.1, 0.15) is 0 Å². The van der Waals surface area contributed by atoms with E-state index in [1.165, 1.54) is 12.5 Å². The second-order valence-corrected chi connectivity index (χ2v) is 7.47. The normalized spacial score (nSPS) is 23.6. The molecule has 1 aliphatic carbocycles. The van der Waals surface area contributed by atoms with E-state index in [0.717, 1.165) is 23.4 Å². The van der Waals surface area contributed by atoms with Crippen LogP contribution in [0.2, 0.25) is 10.0 Å². The van der Waals surface area contributed by atoms with E-state index in [1.54, 1.807) is 6.07 Å². The van der Waals surface area contributed by atoms with Gasteiger partial charge in [0.2, 0.25) is 5.91 Å². The Hall–Kier alpha value is -1.97. The average Bonchev–Trinajstić information content (AvgIpc) is 3.04. The minimum atomic E-state index is -0.0620. The van der Waals surface area contributed by atoms with Crippen molar-refractivity contribution in [1.82, 2.24) is 0 Å². The molecule has 0 unspecified atom stereocenters. The Kier molecular flexibility index (Phi) is 4.22. The van der Waals surface area contributed by atoms with Crippen molar-refractivity contribution in [1.29, 1.82) is 0 Å². The zero-order chi connectivity index (χ0) is 17.6. The third kappa shape index (κ3) is 3.03. The van der Waals surface area contributed by atoms with E-state index >= 15 is 0 Å². The molecule has 0 spiro atoms. The van der Waals surface area contributed by atoms with Gasteiger partial charge >= 0.3 is 0 Å². The molecule has 1 amide bonds. The third-order valence-corrected chi connectivity index (χ3v) is 5.54. The average molecular weight is 373 g/mol. The number of allylic oxidation sites excluding steroid dienone is 2. The van der Waals surface area contributed by atoms with E-state index in [1.807, 2.05) is 24.3 Å². The Balaban J connectivity index is 1.74. The molecule has 1 aliphatic heterocycles. The van der Waals surface area contributed by atoms with E-state index in [4.69, 9.17) is 23.2 Å². The van der Waals surface area contributed by atoms with Crippen molar-refractivity contribution in [2.45, 2.75) is 25.3 Å². The van der Waals surface area contributed by atoms with Gasteiger partial charge in [0.05, 0.1) is 6.04 Å². The first-order chi connectivity index (χ1) is 12.0. The van der Waals surface area contributed by atoms with E-state index in [2.05, 4.69) is 28.9 Å². The van der Waals surface area contributed by atoms with Crippen molar-refractivity contribution in [3.8, 4) is 0 Å². The lowest BCUT2D eigenvalue weighted by atomic mass is 9.77. The maximum absolute atomic E-state index is 11.3. The van der Waals surface area contributed by atoms with Gasteiger partial charge in [-0.1, -0.05) is 41.4 Å². The summed E-state index contributed by atoms with van der Waals surface area (Å²) in [4.78, 5) is 11.3. The highest BCUT2D eigenvalue weighted by Gasteiger charge is 2.38. The number of fused-ring (bicyclic) bond motifs is 3. The minimum Gasteiger partial charge on any atom is -0.378 e. The van der Waals surface area contributed by atoms with Gasteiger partial charge in [-0.05, 0) is 53.8 Å². The highest BCUT2D eigenvalue weighted by atomic mass is 35.5. The molecular formula is C20H18Cl2N2O. The number of carbonyl (C=O) groups excluding carboxylic acids is 1. The molecule has 0 aromatic heterocycles. The van der Waals surface area contributed by atoms with E-state index in [-0.39, 0.29) is 11.9 Å². The van der Waals surface area contributed by atoms with Gasteiger partial charge in [-0.2, -0.15) is 0 Å². The molecular weight excluding hydrogens is 355 g/mol. The Labute approximate surface area is 157 Å². The van der Waals surface area contributed by atoms with E-state index < -0.39 is 0 Å². The Morgan fingerprint density at radius 1 is 1.16 bits per heavy atom. The fourth-order valence-corrected chi connectivity index (χ4v) is 4.46. The lowest BCUT2D eigenvalue weighted by molar-refractivity contribution is -0.114. The van der Waals surface area contributed by atoms with Gasteiger partial charge in [-0.15, -0.1) is 0 Å². The minimum absolute atomic E-state index is 0.0620. The van der Waals surface area contributed by atoms with Crippen molar-refractivity contribution in [3.05, 3.63) is 69.7 Å². The molecule has 2 aromatic carbocycles. The van der Waals surface area contributed by atoms with Crippen LogP contribution >= 0.6 is 23.2 Å². The summed E-state index contributed by atoms with van der Waals surface area (Å²) < 4.78 is 0. The molecule has 2 aromatic rings. The largest absolute Gasteiger partial charge is 0.378 e. The van der Waals surface area contributed by atoms with Gasteiger partial charge in [0, 0.05) is 34.3 Å². The molecule has 0 fully saturated rings. The van der Waals surface area contributed by atoms with Gasteiger partial charge in [0.15, 0.2) is 0 Å². The molecule has 3 atom stereocenters. The number of hydrogen-bond acceptors (Lipinski definition) is 2. The van der Waals surface area contributed by atoms with Crippen molar-refractivity contribution in [2.24, 2.45) is 5.92 Å². The van der Waals surface area contributed by atoms with Crippen LogP contribution in [0.5, 0.6) is 0 Å². The predicted molar refractivity (Wildman–Crippen MR) is 104 cm³/mol. The van der Waals surface area contributed by atoms with Gasteiger partial charge in [-0.25, -0.2) is 0 Å². The topological polar surface area (TPSA) is 41.1 Å². The molecule has 2 N–H and O–H groups in total. The summed E-state index contributed by atoms with van der Waals surface area (Å²) >= 11 is 12.5. The number of rotatable bonds is 2. The summed E-state index contributed by atoms with van der Waals surface area (Å²) in [6, 6.07) is 11.8. The summed E-state index contributed by atoms with van der Waals surface area (Å²) in [5.74, 6) is 0.633. The smallest absolute Gasteiger partial charge is 0.221 e. The maximum atomic E-state index is 11.3. The van der Waals surface area contributed by atoms with Crippen molar-refractivity contribution in [3.63, 3.8) is 0 Å². The molecule has 0 radical (unpaired) electrons. The Morgan fingerprint density at radius 3 is 2.76 bits per heavy atom. The summed E-state index contributed by atoms with van der Waals surface area (Å²) in [5.41, 5.74) is 4.20. The molecule has 5 heteroatoms. The number of nitrogens with one attached hydrogen (secondary N) is 2. The highest BCUT2D eigenvalue weighted by Crippen LogP contribution is 2.51. The first-order valence-corrected chi connectivity index (χ1v) is 9.08. The number of anilines is 2. The predicted octanol–water partition coefficient (Wildman–Crippen LogP) is 5.78. The number of halogens is 2. The molecule has 1 heterocycles. The number of hydrogen-bond donors (Lipinski definition) is 2. The monoisotopic (exact) mass is 372 g/mol. The summed E-state index contributed by atoms with van der Waals surface area (Å²) in [6.07, 6.45) is 5.48. The molecule has 128 valence electrons. The van der Waals surface area contributed by atoms with Crippen LogP contribution < -0.4 is 10.6 Å². The molecule has 0 saturated carbocycles. The van der Waals surface area contributed by atoms with Crippen molar-refractivity contribution >= 4 is 40.5 Å². The van der Waals surface area contributed by atoms with Crippen LogP contribution in [0.4, 0.5) is 11.4 Å². The number of benzene rings is 2. The van der Waals surface area contributed by atoms with Crippen LogP contribution in [-0.4, -0.2) is 5.91 Å². The molecule has 2 aliphatic rings. The SMILES string of the molecule is CC(=O)Nc1ccc2c(c1)[C@H]1C=CC[C@@H]1[C@H](c1ccc(Cl)cc1Cl)N2. The standard InChI is InChI=1S/C20H18Cl2N2O/c1-11(25)23-13-6-8-19-17(10-13)14-3-2-4-15(14)20(24-19)16-7-5-12(21)9-18(16)22/h2-3,5-10,14-15,20,24H,4H2,1H3,(H,23,25)/t14-,15-,20+/m0/s1. The molecule has 4 rings (SSSR count). The van der Waals surface area contributed by atoms with Crippen LogP contribution in [0, 0.1) is 5.92 Å².